The highest BCUT2D eigenvalue weighted by molar-refractivity contribution is 6.00. The zero-order valence-corrected chi connectivity index (χ0v) is 34.3. The van der Waals surface area contributed by atoms with Crippen LogP contribution in [0.5, 0.6) is 0 Å². The van der Waals surface area contributed by atoms with Crippen LogP contribution < -0.4 is 0 Å². The van der Waals surface area contributed by atoms with Gasteiger partial charge in [-0.15, -0.1) is 0 Å². The van der Waals surface area contributed by atoms with E-state index in [9.17, 15) is 24.9 Å². The van der Waals surface area contributed by atoms with Gasteiger partial charge in [0.15, 0.2) is 12.1 Å². The molecule has 2 aliphatic heterocycles. The van der Waals surface area contributed by atoms with Gasteiger partial charge in [-0.25, -0.2) is 0 Å². The predicted molar refractivity (Wildman–Crippen MR) is 210 cm³/mol. The number of pyridine rings is 1. The molecule has 13 atom stereocenters. The molecule has 2 saturated heterocycles. The van der Waals surface area contributed by atoms with Crippen LogP contribution >= 0.6 is 0 Å². The maximum atomic E-state index is 14.2. The first kappa shape index (κ1) is 44.4. The Balaban J connectivity index is 1.75. The number of methoxy groups -OCH3 is 1. The summed E-state index contributed by atoms with van der Waals surface area (Å²) in [5.74, 6) is -4.77. The molecule has 13 nitrogen and oxygen atoms in total. The van der Waals surface area contributed by atoms with Crippen molar-refractivity contribution >= 4 is 34.3 Å². The van der Waals surface area contributed by atoms with Gasteiger partial charge in [-0.2, -0.15) is 0 Å². The second-order valence-corrected chi connectivity index (χ2v) is 16.1. The van der Waals surface area contributed by atoms with Crippen molar-refractivity contribution in [3.05, 3.63) is 48.3 Å². The molecule has 0 spiro atoms. The number of hydrogen-bond acceptors (Lipinski definition) is 13. The van der Waals surface area contributed by atoms with E-state index in [-0.39, 0.29) is 31.6 Å². The van der Waals surface area contributed by atoms with Crippen LogP contribution in [-0.2, 0) is 33.4 Å². The molecule has 0 aliphatic carbocycles. The van der Waals surface area contributed by atoms with Gasteiger partial charge in [0.05, 0.1) is 29.6 Å². The lowest BCUT2D eigenvalue weighted by molar-refractivity contribution is -0.295. The van der Waals surface area contributed by atoms with Crippen molar-refractivity contribution in [3.63, 3.8) is 0 Å². The molecular weight excluding hydrogens is 706 g/mol. The number of ether oxygens (including phenoxy) is 4. The molecule has 2 aromatic rings. The molecule has 306 valence electrons. The largest absolute Gasteiger partial charge is 0.459 e. The zero-order valence-electron chi connectivity index (χ0n) is 34.3. The summed E-state index contributed by atoms with van der Waals surface area (Å²) in [4.78, 5) is 39.9. The number of aliphatic hydroxyl groups is 3. The highest BCUT2D eigenvalue weighted by atomic mass is 16.7. The normalized spacial score (nSPS) is 38.0. The summed E-state index contributed by atoms with van der Waals surface area (Å²) in [5, 5.41) is 41.7. The molecule has 1 aromatic heterocycles. The number of fused-ring (bicyclic) bond motifs is 1. The van der Waals surface area contributed by atoms with Crippen LogP contribution in [0, 0.1) is 23.7 Å². The number of nitrogens with zero attached hydrogens (tertiary/aromatic N) is 3. The molecule has 3 N–H and O–H groups in total. The number of esters is 1. The van der Waals surface area contributed by atoms with Crippen molar-refractivity contribution < 1.29 is 48.7 Å². The fourth-order valence-electron chi connectivity index (χ4n) is 8.22. The quantitative estimate of drug-likeness (QED) is 0.138. The average Bonchev–Trinajstić information content (AvgIpc) is 3.16. The molecule has 1 aromatic carbocycles. The number of oxime groups is 1. The van der Waals surface area contributed by atoms with Crippen molar-refractivity contribution in [2.24, 2.45) is 28.8 Å². The Kier molecular flexibility index (Phi) is 15.2. The van der Waals surface area contributed by atoms with E-state index in [0.29, 0.717) is 12.1 Å². The Labute approximate surface area is 326 Å². The molecule has 55 heavy (non-hydrogen) atoms. The molecular formula is C42H63N3O10. The molecule has 0 radical (unpaired) electrons. The number of aliphatic hydroxyl groups excluding tert-OH is 2. The minimum absolute atomic E-state index is 0.0900. The van der Waals surface area contributed by atoms with Gasteiger partial charge in [0, 0.05) is 54.2 Å². The summed E-state index contributed by atoms with van der Waals surface area (Å²) in [6.07, 6.45) is 2.21. The van der Waals surface area contributed by atoms with Gasteiger partial charge in [0.1, 0.15) is 30.3 Å². The van der Waals surface area contributed by atoms with Crippen molar-refractivity contribution in [1.82, 2.24) is 9.88 Å². The number of carbonyl (C=O) groups is 2. The summed E-state index contributed by atoms with van der Waals surface area (Å²) < 4.78 is 24.8. The van der Waals surface area contributed by atoms with Crippen molar-refractivity contribution in [1.29, 1.82) is 0 Å². The lowest BCUT2D eigenvalue weighted by Crippen LogP contribution is -2.60. The SMILES string of the molecule is CC[C@H]1OC(=O)[C@H](C)C(=O)[C@H](C)[C@@H](O[C@@H]2O[C@H](C)C[C@H](N(C)C)[C@H]2O)[C@](C)(OC)C[C@@H](C)/C(=N\OC/C=C/c2cncc3ccccc23)[C@H](C)[C@@H](O)[C@]1(C)O. The van der Waals surface area contributed by atoms with Crippen LogP contribution in [0.3, 0.4) is 0 Å². The maximum Gasteiger partial charge on any atom is 0.316 e. The third-order valence-corrected chi connectivity index (χ3v) is 11.7. The number of ketones is 1. The third kappa shape index (κ3) is 9.99. The number of Topliss-reactive ketones (excluding diaryl/α,β-unsaturated/α-hetero) is 1. The summed E-state index contributed by atoms with van der Waals surface area (Å²) in [5.41, 5.74) is -1.83. The second-order valence-electron chi connectivity index (χ2n) is 16.1. The highest BCUT2D eigenvalue weighted by Crippen LogP contribution is 2.38. The second kappa shape index (κ2) is 18.8. The van der Waals surface area contributed by atoms with E-state index in [1.165, 1.54) is 21.0 Å². The van der Waals surface area contributed by atoms with E-state index in [1.54, 1.807) is 33.9 Å². The fraction of sp³-hybridized carbons (Fsp3) is 0.667. The number of aromatic nitrogens is 1. The van der Waals surface area contributed by atoms with Gasteiger partial charge in [0.25, 0.3) is 0 Å². The number of cyclic esters (lactones) is 1. The standard InChI is InChI=1S/C42H63N3O10/c1-12-33-42(8,50)37(48)26(4)34(44-52-19-15-17-30-23-43-22-29-16-13-14-18-31(29)30)24(2)21-41(7,51-11)38(27(5)35(46)28(6)39(49)54-33)55-40-36(47)32(45(9)10)20-25(3)53-40/h13-18,22-28,32-33,36-38,40,47-48,50H,12,19-21H2,1-11H3/b17-15+,44-34+/t24-,25-,26+,27+,28-,32+,33-,36-,37-,38-,40+,41-,42-/m1/s1. The number of carbonyl (C=O) groups excluding carboxylic acids is 2. The van der Waals surface area contributed by atoms with Crippen LogP contribution in [0.1, 0.15) is 80.2 Å². The summed E-state index contributed by atoms with van der Waals surface area (Å²) >= 11 is 0. The van der Waals surface area contributed by atoms with Gasteiger partial charge in [0.2, 0.25) is 0 Å². The Morgan fingerprint density at radius 2 is 1.75 bits per heavy atom. The molecule has 13 heteroatoms. The van der Waals surface area contributed by atoms with Crippen LogP contribution in [0.15, 0.2) is 47.9 Å². The first-order chi connectivity index (χ1) is 25.9. The number of likely N-dealkylation sites (N-methyl/N-ethyl adjacent to an activating group) is 1. The average molecular weight is 770 g/mol. The number of benzene rings is 1. The van der Waals surface area contributed by atoms with Crippen molar-refractivity contribution in [2.75, 3.05) is 27.8 Å². The minimum Gasteiger partial charge on any atom is -0.459 e. The lowest BCUT2D eigenvalue weighted by Gasteiger charge is -2.47. The maximum absolute atomic E-state index is 14.2. The fourth-order valence-corrected chi connectivity index (χ4v) is 8.22. The van der Waals surface area contributed by atoms with Gasteiger partial charge < -0.3 is 44.0 Å². The highest BCUT2D eigenvalue weighted by Gasteiger charge is 2.51. The molecule has 0 saturated carbocycles. The van der Waals surface area contributed by atoms with Gasteiger partial charge >= 0.3 is 5.97 Å². The molecule has 4 rings (SSSR count). The summed E-state index contributed by atoms with van der Waals surface area (Å²) in [6, 6.07) is 7.66. The smallest absolute Gasteiger partial charge is 0.316 e. The van der Waals surface area contributed by atoms with E-state index < -0.39 is 77.3 Å². The summed E-state index contributed by atoms with van der Waals surface area (Å²) in [6.45, 7) is 13.7. The van der Waals surface area contributed by atoms with Gasteiger partial charge in [-0.3, -0.25) is 14.6 Å². The Bertz CT molecular complexity index is 1660. The van der Waals surface area contributed by atoms with E-state index in [4.69, 9.17) is 23.8 Å². The van der Waals surface area contributed by atoms with Crippen LogP contribution in [0.4, 0.5) is 0 Å². The Morgan fingerprint density at radius 1 is 1.05 bits per heavy atom. The first-order valence-corrected chi connectivity index (χ1v) is 19.4. The van der Waals surface area contributed by atoms with Gasteiger partial charge in [-0.05, 0) is 72.5 Å². The monoisotopic (exact) mass is 769 g/mol. The molecule has 3 heterocycles. The number of rotatable bonds is 9. The molecule has 2 fully saturated rings. The van der Waals surface area contributed by atoms with Crippen LogP contribution in [0.25, 0.3) is 16.8 Å². The number of hydrogen-bond donors (Lipinski definition) is 3. The lowest BCUT2D eigenvalue weighted by atomic mass is 9.74. The Morgan fingerprint density at radius 3 is 2.40 bits per heavy atom. The predicted octanol–water partition coefficient (Wildman–Crippen LogP) is 4.79. The summed E-state index contributed by atoms with van der Waals surface area (Å²) in [7, 11) is 5.27. The van der Waals surface area contributed by atoms with E-state index in [0.717, 1.165) is 16.3 Å². The Hall–Kier alpha value is -3.30. The molecule has 0 unspecified atom stereocenters. The van der Waals surface area contributed by atoms with Crippen molar-refractivity contribution in [2.45, 2.75) is 129 Å². The minimum atomic E-state index is -1.92. The molecule has 0 amide bonds. The van der Waals surface area contributed by atoms with E-state index >= 15 is 0 Å². The van der Waals surface area contributed by atoms with Crippen LogP contribution in [0.2, 0.25) is 0 Å². The topological polar surface area (TPSA) is 169 Å². The van der Waals surface area contributed by atoms with Gasteiger partial charge in [-0.1, -0.05) is 63.2 Å². The molecule has 0 bridgehead atoms. The third-order valence-electron chi connectivity index (χ3n) is 11.7. The van der Waals surface area contributed by atoms with E-state index in [2.05, 4.69) is 10.1 Å². The molecule has 2 aliphatic rings. The zero-order chi connectivity index (χ0) is 40.8. The first-order valence-electron chi connectivity index (χ1n) is 19.4. The van der Waals surface area contributed by atoms with E-state index in [1.807, 2.05) is 75.5 Å². The van der Waals surface area contributed by atoms with Crippen LogP contribution in [-0.4, -0.2) is 125 Å². The van der Waals surface area contributed by atoms with Crippen molar-refractivity contribution in [3.8, 4) is 0 Å².